The van der Waals surface area contributed by atoms with Crippen LogP contribution in [0, 0.1) is 5.92 Å². The largest absolute Gasteiger partial charge is 0.314 e. The number of nitrogens with zero attached hydrogens (tertiary/aromatic N) is 1. The first-order chi connectivity index (χ1) is 8.43. The van der Waals surface area contributed by atoms with E-state index in [4.69, 9.17) is 0 Å². The highest BCUT2D eigenvalue weighted by Gasteiger charge is 2.33. The molecule has 0 aromatic heterocycles. The topological polar surface area (TPSA) is 15.3 Å². The molecule has 2 aliphatic heterocycles. The molecular formula is C15H28N2. The first kappa shape index (κ1) is 12.0. The van der Waals surface area contributed by atoms with Crippen LogP contribution < -0.4 is 5.32 Å². The molecule has 1 aliphatic carbocycles. The normalized spacial score (nSPS) is 37.4. The average molecular weight is 236 g/mol. The van der Waals surface area contributed by atoms with E-state index in [1.807, 2.05) is 0 Å². The van der Waals surface area contributed by atoms with Crippen LogP contribution in [-0.2, 0) is 0 Å². The van der Waals surface area contributed by atoms with Gasteiger partial charge in [-0.2, -0.15) is 0 Å². The summed E-state index contributed by atoms with van der Waals surface area (Å²) in [6.07, 6.45) is 13.2. The molecule has 1 saturated carbocycles. The third kappa shape index (κ3) is 2.85. The van der Waals surface area contributed by atoms with Crippen LogP contribution >= 0.6 is 0 Å². The molecule has 0 bridgehead atoms. The van der Waals surface area contributed by atoms with Crippen LogP contribution in [0.15, 0.2) is 0 Å². The van der Waals surface area contributed by atoms with Gasteiger partial charge in [-0.05, 0) is 51.1 Å². The SMILES string of the molecule is C1CCCC(N2CCC3NCCCC3C2)CC1. The number of likely N-dealkylation sites (tertiary alicyclic amines) is 1. The van der Waals surface area contributed by atoms with E-state index < -0.39 is 0 Å². The zero-order chi connectivity index (χ0) is 11.5. The van der Waals surface area contributed by atoms with Gasteiger partial charge in [-0.1, -0.05) is 25.7 Å². The van der Waals surface area contributed by atoms with E-state index in [2.05, 4.69) is 10.2 Å². The van der Waals surface area contributed by atoms with Crippen molar-refractivity contribution >= 4 is 0 Å². The Morgan fingerprint density at radius 1 is 0.824 bits per heavy atom. The molecule has 0 aromatic carbocycles. The van der Waals surface area contributed by atoms with Gasteiger partial charge in [0.05, 0.1) is 0 Å². The summed E-state index contributed by atoms with van der Waals surface area (Å²) in [5.74, 6) is 0.959. The summed E-state index contributed by atoms with van der Waals surface area (Å²) in [5, 5.41) is 3.73. The van der Waals surface area contributed by atoms with E-state index >= 15 is 0 Å². The zero-order valence-electron chi connectivity index (χ0n) is 11.2. The van der Waals surface area contributed by atoms with Crippen molar-refractivity contribution in [2.24, 2.45) is 5.92 Å². The zero-order valence-corrected chi connectivity index (χ0v) is 11.2. The summed E-state index contributed by atoms with van der Waals surface area (Å²) >= 11 is 0. The molecule has 2 nitrogen and oxygen atoms in total. The summed E-state index contributed by atoms with van der Waals surface area (Å²) in [6, 6.07) is 1.78. The number of rotatable bonds is 1. The lowest BCUT2D eigenvalue weighted by molar-refractivity contribution is 0.0727. The molecule has 2 saturated heterocycles. The second-order valence-corrected chi connectivity index (χ2v) is 6.39. The van der Waals surface area contributed by atoms with Gasteiger partial charge in [0.2, 0.25) is 0 Å². The highest BCUT2D eigenvalue weighted by Crippen LogP contribution is 2.29. The highest BCUT2D eigenvalue weighted by atomic mass is 15.2. The maximum atomic E-state index is 3.73. The lowest BCUT2D eigenvalue weighted by Gasteiger charge is -2.44. The van der Waals surface area contributed by atoms with E-state index in [0.717, 1.165) is 18.0 Å². The highest BCUT2D eigenvalue weighted by molar-refractivity contribution is 4.90. The standard InChI is InChI=1S/C15H28N2/c1-2-4-8-14(7-3-1)17-11-9-15-13(12-17)6-5-10-16-15/h13-16H,1-12H2. The van der Waals surface area contributed by atoms with Crippen molar-refractivity contribution in [1.82, 2.24) is 10.2 Å². The molecule has 2 heteroatoms. The average Bonchev–Trinajstić information content (AvgIpc) is 2.67. The smallest absolute Gasteiger partial charge is 0.0120 e. The fraction of sp³-hybridized carbons (Fsp3) is 1.00. The molecule has 0 radical (unpaired) electrons. The van der Waals surface area contributed by atoms with Crippen molar-refractivity contribution in [2.75, 3.05) is 19.6 Å². The summed E-state index contributed by atoms with van der Waals surface area (Å²) < 4.78 is 0. The van der Waals surface area contributed by atoms with Crippen LogP contribution in [0.4, 0.5) is 0 Å². The van der Waals surface area contributed by atoms with Gasteiger partial charge in [0, 0.05) is 18.6 Å². The molecule has 3 rings (SSSR count). The van der Waals surface area contributed by atoms with Gasteiger partial charge in [0.15, 0.2) is 0 Å². The quantitative estimate of drug-likeness (QED) is 0.704. The molecule has 2 atom stereocenters. The van der Waals surface area contributed by atoms with Crippen molar-refractivity contribution in [3.63, 3.8) is 0 Å². The van der Waals surface area contributed by atoms with Crippen molar-refractivity contribution in [1.29, 1.82) is 0 Å². The third-order valence-electron chi connectivity index (χ3n) is 5.26. The summed E-state index contributed by atoms with van der Waals surface area (Å²) in [4.78, 5) is 2.85. The van der Waals surface area contributed by atoms with Crippen LogP contribution in [0.5, 0.6) is 0 Å². The lowest BCUT2D eigenvalue weighted by Crippen LogP contribution is -2.54. The van der Waals surface area contributed by atoms with Gasteiger partial charge in [-0.3, -0.25) is 4.90 Å². The number of hydrogen-bond donors (Lipinski definition) is 1. The van der Waals surface area contributed by atoms with Crippen molar-refractivity contribution in [2.45, 2.75) is 69.9 Å². The fourth-order valence-electron chi connectivity index (χ4n) is 4.23. The number of piperidine rings is 2. The molecule has 3 aliphatic rings. The molecule has 0 amide bonds. The van der Waals surface area contributed by atoms with Gasteiger partial charge in [-0.15, -0.1) is 0 Å². The van der Waals surface area contributed by atoms with E-state index in [0.29, 0.717) is 0 Å². The van der Waals surface area contributed by atoms with Gasteiger partial charge in [0.25, 0.3) is 0 Å². The molecule has 1 N–H and O–H groups in total. The molecule has 98 valence electrons. The minimum absolute atomic E-state index is 0.853. The molecule has 17 heavy (non-hydrogen) atoms. The predicted molar refractivity (Wildman–Crippen MR) is 72.2 cm³/mol. The Labute approximate surface area is 106 Å². The number of fused-ring (bicyclic) bond motifs is 1. The van der Waals surface area contributed by atoms with E-state index in [1.54, 1.807) is 0 Å². The van der Waals surface area contributed by atoms with E-state index in [1.165, 1.54) is 77.4 Å². The minimum Gasteiger partial charge on any atom is -0.314 e. The first-order valence-electron chi connectivity index (χ1n) is 7.91. The first-order valence-corrected chi connectivity index (χ1v) is 7.91. The molecule has 2 heterocycles. The Hall–Kier alpha value is -0.0800. The summed E-state index contributed by atoms with van der Waals surface area (Å²) in [7, 11) is 0. The van der Waals surface area contributed by atoms with Crippen LogP contribution in [0.2, 0.25) is 0 Å². The van der Waals surface area contributed by atoms with Crippen molar-refractivity contribution in [3.8, 4) is 0 Å². The van der Waals surface area contributed by atoms with Gasteiger partial charge in [0.1, 0.15) is 0 Å². The maximum Gasteiger partial charge on any atom is 0.0120 e. The second-order valence-electron chi connectivity index (χ2n) is 6.39. The Morgan fingerprint density at radius 3 is 2.47 bits per heavy atom. The van der Waals surface area contributed by atoms with Gasteiger partial charge in [-0.25, -0.2) is 0 Å². The van der Waals surface area contributed by atoms with Crippen LogP contribution in [0.25, 0.3) is 0 Å². The minimum atomic E-state index is 0.853. The summed E-state index contributed by atoms with van der Waals surface area (Å²) in [5.41, 5.74) is 0. The Kier molecular flexibility index (Phi) is 4.02. The Bertz CT molecular complexity index is 233. The maximum absolute atomic E-state index is 3.73. The third-order valence-corrected chi connectivity index (χ3v) is 5.26. The van der Waals surface area contributed by atoms with Gasteiger partial charge >= 0.3 is 0 Å². The predicted octanol–water partition coefficient (Wildman–Crippen LogP) is 2.78. The molecule has 0 aromatic rings. The van der Waals surface area contributed by atoms with Crippen LogP contribution in [-0.4, -0.2) is 36.6 Å². The number of hydrogen-bond acceptors (Lipinski definition) is 2. The second kappa shape index (κ2) is 5.71. The van der Waals surface area contributed by atoms with E-state index in [-0.39, 0.29) is 0 Å². The van der Waals surface area contributed by atoms with Crippen LogP contribution in [0.1, 0.15) is 57.8 Å². The van der Waals surface area contributed by atoms with Crippen LogP contribution in [0.3, 0.4) is 0 Å². The van der Waals surface area contributed by atoms with E-state index in [9.17, 15) is 0 Å². The van der Waals surface area contributed by atoms with Gasteiger partial charge < -0.3 is 5.32 Å². The molecular weight excluding hydrogens is 208 g/mol. The summed E-state index contributed by atoms with van der Waals surface area (Å²) in [6.45, 7) is 4.02. The fourth-order valence-corrected chi connectivity index (χ4v) is 4.23. The molecule has 2 unspecified atom stereocenters. The number of nitrogens with one attached hydrogen (secondary N) is 1. The molecule has 3 fully saturated rings. The monoisotopic (exact) mass is 236 g/mol. The Morgan fingerprint density at radius 2 is 1.65 bits per heavy atom. The van der Waals surface area contributed by atoms with Crippen molar-refractivity contribution < 1.29 is 0 Å². The molecule has 0 spiro atoms. The Balaban J connectivity index is 1.57. The lowest BCUT2D eigenvalue weighted by atomic mass is 9.84. The van der Waals surface area contributed by atoms with Crippen molar-refractivity contribution in [3.05, 3.63) is 0 Å².